The Morgan fingerprint density at radius 1 is 1.50 bits per heavy atom. The summed E-state index contributed by atoms with van der Waals surface area (Å²) in [7, 11) is 3.81. The van der Waals surface area contributed by atoms with Crippen molar-refractivity contribution in [2.24, 2.45) is 0 Å². The topological polar surface area (TPSA) is 83.7 Å². The molecule has 0 amide bonds. The van der Waals surface area contributed by atoms with Crippen LogP contribution in [0.5, 0.6) is 0 Å². The van der Waals surface area contributed by atoms with Crippen molar-refractivity contribution >= 4 is 23.4 Å². The number of nitro groups is 1. The van der Waals surface area contributed by atoms with Gasteiger partial charge in [0, 0.05) is 12.3 Å². The molecule has 0 aliphatic heterocycles. The first kappa shape index (κ1) is 14.5. The fourth-order valence-corrected chi connectivity index (χ4v) is 2.51. The summed E-state index contributed by atoms with van der Waals surface area (Å²) in [5, 5.41) is 19.9. The molecule has 0 aromatic heterocycles. The predicted octanol–water partition coefficient (Wildman–Crippen LogP) is 1.95. The maximum Gasteiger partial charge on any atom is 0.342 e. The van der Waals surface area contributed by atoms with Crippen LogP contribution in [0.4, 0.5) is 5.69 Å². The van der Waals surface area contributed by atoms with Gasteiger partial charge in [0.15, 0.2) is 0 Å². The van der Waals surface area contributed by atoms with Crippen molar-refractivity contribution < 1.29 is 14.8 Å². The van der Waals surface area contributed by atoms with Gasteiger partial charge in [-0.1, -0.05) is 6.07 Å². The van der Waals surface area contributed by atoms with Crippen LogP contribution in [0.2, 0.25) is 0 Å². The van der Waals surface area contributed by atoms with Crippen LogP contribution in [-0.2, 0) is 0 Å². The molecule has 0 aliphatic carbocycles. The molecule has 0 radical (unpaired) electrons. The summed E-state index contributed by atoms with van der Waals surface area (Å²) in [6.45, 7) is 0.763. The lowest BCUT2D eigenvalue weighted by Crippen LogP contribution is -2.15. The number of nitro benzene ring substituents is 1. The third kappa shape index (κ3) is 3.71. The summed E-state index contributed by atoms with van der Waals surface area (Å²) in [5.41, 5.74) is -0.594. The fourth-order valence-electron chi connectivity index (χ4n) is 1.34. The van der Waals surface area contributed by atoms with Crippen LogP contribution in [0.25, 0.3) is 0 Å². The molecule has 1 N–H and O–H groups in total. The first-order chi connectivity index (χ1) is 8.43. The maximum absolute atomic E-state index is 11.0. The Labute approximate surface area is 109 Å². The van der Waals surface area contributed by atoms with Crippen molar-refractivity contribution in [3.05, 3.63) is 33.9 Å². The van der Waals surface area contributed by atoms with Gasteiger partial charge in [0.2, 0.25) is 0 Å². The minimum Gasteiger partial charge on any atom is -0.477 e. The number of hydrogen-bond acceptors (Lipinski definition) is 5. The largest absolute Gasteiger partial charge is 0.477 e. The SMILES string of the molecule is CN(C)CCSc1cccc(C(=O)O)c1[N+](=O)[O-]. The Kier molecular flexibility index (Phi) is 5.11. The van der Waals surface area contributed by atoms with Crippen molar-refractivity contribution in [1.82, 2.24) is 4.90 Å². The number of aromatic carboxylic acids is 1. The number of para-hydroxylation sites is 1. The van der Waals surface area contributed by atoms with E-state index in [1.54, 1.807) is 6.07 Å². The predicted molar refractivity (Wildman–Crippen MR) is 69.3 cm³/mol. The van der Waals surface area contributed by atoms with Gasteiger partial charge < -0.3 is 10.0 Å². The molecule has 98 valence electrons. The van der Waals surface area contributed by atoms with Crippen molar-refractivity contribution in [2.45, 2.75) is 4.90 Å². The highest BCUT2D eigenvalue weighted by Crippen LogP contribution is 2.32. The van der Waals surface area contributed by atoms with E-state index < -0.39 is 10.9 Å². The van der Waals surface area contributed by atoms with Gasteiger partial charge >= 0.3 is 5.97 Å². The van der Waals surface area contributed by atoms with Gasteiger partial charge in [-0.25, -0.2) is 4.79 Å². The molecule has 1 aromatic rings. The first-order valence-electron chi connectivity index (χ1n) is 5.21. The molecule has 18 heavy (non-hydrogen) atoms. The van der Waals surface area contributed by atoms with E-state index in [1.807, 2.05) is 19.0 Å². The van der Waals surface area contributed by atoms with Crippen LogP contribution in [0.1, 0.15) is 10.4 Å². The quantitative estimate of drug-likeness (QED) is 0.483. The second kappa shape index (κ2) is 6.36. The van der Waals surface area contributed by atoms with Gasteiger partial charge in [-0.3, -0.25) is 10.1 Å². The van der Waals surface area contributed by atoms with Crippen LogP contribution in [0.3, 0.4) is 0 Å². The van der Waals surface area contributed by atoms with Gasteiger partial charge in [-0.05, 0) is 26.2 Å². The minimum atomic E-state index is -1.28. The molecule has 1 aromatic carbocycles. The standard InChI is InChI=1S/C11H14N2O4S/c1-12(2)6-7-18-9-5-3-4-8(11(14)15)10(9)13(16)17/h3-5H,6-7H2,1-2H3,(H,14,15). The molecule has 7 heteroatoms. The summed E-state index contributed by atoms with van der Waals surface area (Å²) in [6, 6.07) is 4.34. The Balaban J connectivity index is 3.00. The van der Waals surface area contributed by atoms with Crippen LogP contribution in [0, 0.1) is 10.1 Å². The molecular weight excluding hydrogens is 256 g/mol. The Hall–Kier alpha value is -1.60. The molecule has 6 nitrogen and oxygen atoms in total. The molecule has 0 heterocycles. The number of benzene rings is 1. The number of carboxylic acid groups (broad SMARTS) is 1. The van der Waals surface area contributed by atoms with Crippen LogP contribution < -0.4 is 0 Å². The van der Waals surface area contributed by atoms with E-state index in [9.17, 15) is 14.9 Å². The van der Waals surface area contributed by atoms with E-state index in [-0.39, 0.29) is 11.3 Å². The fraction of sp³-hybridized carbons (Fsp3) is 0.364. The number of carboxylic acids is 1. The van der Waals surface area contributed by atoms with Gasteiger partial charge in [0.1, 0.15) is 5.56 Å². The highest BCUT2D eigenvalue weighted by Gasteiger charge is 2.24. The Morgan fingerprint density at radius 3 is 2.67 bits per heavy atom. The molecule has 0 fully saturated rings. The van der Waals surface area contributed by atoms with Crippen molar-refractivity contribution in [2.75, 3.05) is 26.4 Å². The van der Waals surface area contributed by atoms with Gasteiger partial charge in [0.05, 0.1) is 9.82 Å². The van der Waals surface area contributed by atoms with E-state index in [4.69, 9.17) is 5.11 Å². The summed E-state index contributed by atoms with van der Waals surface area (Å²) in [5.74, 6) is -0.617. The summed E-state index contributed by atoms with van der Waals surface area (Å²) < 4.78 is 0. The van der Waals surface area contributed by atoms with Crippen molar-refractivity contribution in [3.8, 4) is 0 Å². The number of thioether (sulfide) groups is 1. The average Bonchev–Trinajstić information content (AvgIpc) is 2.27. The third-order valence-electron chi connectivity index (χ3n) is 2.21. The highest BCUT2D eigenvalue weighted by atomic mass is 32.2. The molecule has 0 aliphatic rings. The van der Waals surface area contributed by atoms with Gasteiger partial charge in [-0.15, -0.1) is 11.8 Å². The zero-order chi connectivity index (χ0) is 13.7. The second-order valence-electron chi connectivity index (χ2n) is 3.87. The van der Waals surface area contributed by atoms with Crippen molar-refractivity contribution in [3.63, 3.8) is 0 Å². The minimum absolute atomic E-state index is 0.269. The lowest BCUT2D eigenvalue weighted by molar-refractivity contribution is -0.388. The number of rotatable bonds is 6. The normalized spacial score (nSPS) is 10.6. The first-order valence-corrected chi connectivity index (χ1v) is 6.20. The smallest absolute Gasteiger partial charge is 0.342 e. The lowest BCUT2D eigenvalue weighted by Gasteiger charge is -2.09. The van der Waals surface area contributed by atoms with Gasteiger partial charge in [-0.2, -0.15) is 0 Å². The number of carbonyl (C=O) groups is 1. The van der Waals surface area contributed by atoms with E-state index >= 15 is 0 Å². The van der Waals surface area contributed by atoms with Gasteiger partial charge in [0.25, 0.3) is 5.69 Å². The Morgan fingerprint density at radius 2 is 2.17 bits per heavy atom. The maximum atomic E-state index is 11.0. The van der Waals surface area contributed by atoms with Crippen LogP contribution in [0.15, 0.2) is 23.1 Å². The lowest BCUT2D eigenvalue weighted by atomic mass is 10.2. The van der Waals surface area contributed by atoms with E-state index in [1.165, 1.54) is 23.9 Å². The zero-order valence-electron chi connectivity index (χ0n) is 10.1. The third-order valence-corrected chi connectivity index (χ3v) is 3.24. The molecule has 0 spiro atoms. The van der Waals surface area contributed by atoms with E-state index in [0.717, 1.165) is 6.54 Å². The summed E-state index contributed by atoms with van der Waals surface area (Å²) in [6.07, 6.45) is 0. The molecule has 0 saturated heterocycles. The molecule has 0 unspecified atom stereocenters. The summed E-state index contributed by atoms with van der Waals surface area (Å²) >= 11 is 1.29. The summed E-state index contributed by atoms with van der Waals surface area (Å²) in [4.78, 5) is 23.6. The van der Waals surface area contributed by atoms with Crippen LogP contribution >= 0.6 is 11.8 Å². The number of hydrogen-bond donors (Lipinski definition) is 1. The Bertz CT molecular complexity index is 462. The zero-order valence-corrected chi connectivity index (χ0v) is 10.9. The molecule has 0 bridgehead atoms. The molecule has 0 atom stereocenters. The number of nitrogens with zero attached hydrogens (tertiary/aromatic N) is 2. The van der Waals surface area contributed by atoms with E-state index in [2.05, 4.69) is 0 Å². The van der Waals surface area contributed by atoms with E-state index in [0.29, 0.717) is 10.6 Å². The van der Waals surface area contributed by atoms with Crippen LogP contribution in [-0.4, -0.2) is 47.3 Å². The molecule has 1 rings (SSSR count). The highest BCUT2D eigenvalue weighted by molar-refractivity contribution is 7.99. The second-order valence-corrected chi connectivity index (χ2v) is 5.00. The monoisotopic (exact) mass is 270 g/mol. The van der Waals surface area contributed by atoms with Crippen molar-refractivity contribution in [1.29, 1.82) is 0 Å². The average molecular weight is 270 g/mol. The molecule has 0 saturated carbocycles. The molecular formula is C11H14N2O4S.